The lowest BCUT2D eigenvalue weighted by Gasteiger charge is -2.11. The SMILES string of the molecule is Nc1ncc(-c2ccc3nc(NC(=O)COC4CCNC4)cn3c2)cc1C(F)(F)F. The number of hydrogen-bond acceptors (Lipinski definition) is 6. The summed E-state index contributed by atoms with van der Waals surface area (Å²) in [6.45, 7) is 1.51. The summed E-state index contributed by atoms with van der Waals surface area (Å²) >= 11 is 0. The number of nitrogens with two attached hydrogens (primary N) is 1. The van der Waals surface area contributed by atoms with E-state index >= 15 is 0 Å². The molecule has 8 nitrogen and oxygen atoms in total. The molecule has 1 unspecified atom stereocenters. The average molecular weight is 420 g/mol. The van der Waals surface area contributed by atoms with Gasteiger partial charge in [0.15, 0.2) is 5.82 Å². The molecule has 3 aromatic rings. The first-order valence-electron chi connectivity index (χ1n) is 9.23. The molecule has 0 saturated carbocycles. The Morgan fingerprint density at radius 1 is 1.33 bits per heavy atom. The minimum absolute atomic E-state index is 0.0227. The number of imidazole rings is 1. The number of carbonyl (C=O) groups is 1. The topological polar surface area (TPSA) is 107 Å². The van der Waals surface area contributed by atoms with Crippen molar-refractivity contribution in [1.29, 1.82) is 0 Å². The van der Waals surface area contributed by atoms with Gasteiger partial charge in [-0.3, -0.25) is 4.79 Å². The van der Waals surface area contributed by atoms with E-state index in [0.717, 1.165) is 25.6 Å². The summed E-state index contributed by atoms with van der Waals surface area (Å²) < 4.78 is 46.4. The lowest BCUT2D eigenvalue weighted by molar-refractivity contribution is -0.137. The molecule has 0 radical (unpaired) electrons. The molecule has 1 saturated heterocycles. The number of pyridine rings is 2. The second-order valence-corrected chi connectivity index (χ2v) is 6.94. The molecule has 0 bridgehead atoms. The van der Waals surface area contributed by atoms with Gasteiger partial charge in [-0.2, -0.15) is 13.2 Å². The smallest absolute Gasteiger partial charge is 0.383 e. The van der Waals surface area contributed by atoms with Crippen molar-refractivity contribution in [3.05, 3.63) is 42.4 Å². The maximum absolute atomic E-state index is 13.1. The number of nitrogens with zero attached hydrogens (tertiary/aromatic N) is 3. The van der Waals surface area contributed by atoms with Gasteiger partial charge in [-0.05, 0) is 31.2 Å². The highest BCUT2D eigenvalue weighted by atomic mass is 19.4. The van der Waals surface area contributed by atoms with Crippen LogP contribution in [0.25, 0.3) is 16.8 Å². The van der Waals surface area contributed by atoms with Crippen LogP contribution in [0, 0.1) is 0 Å². The minimum Gasteiger partial charge on any atom is -0.383 e. The lowest BCUT2D eigenvalue weighted by atomic mass is 10.1. The number of rotatable bonds is 5. The first-order valence-corrected chi connectivity index (χ1v) is 9.23. The lowest BCUT2D eigenvalue weighted by Crippen LogP contribution is -2.24. The number of nitrogens with one attached hydrogen (secondary N) is 2. The number of ether oxygens (including phenoxy) is 1. The highest BCUT2D eigenvalue weighted by molar-refractivity contribution is 5.91. The third kappa shape index (κ3) is 4.36. The summed E-state index contributed by atoms with van der Waals surface area (Å²) in [7, 11) is 0. The highest BCUT2D eigenvalue weighted by Gasteiger charge is 2.34. The molecule has 11 heteroatoms. The Labute approximate surface area is 169 Å². The van der Waals surface area contributed by atoms with Crippen LogP contribution in [0.15, 0.2) is 36.8 Å². The largest absolute Gasteiger partial charge is 0.419 e. The zero-order valence-corrected chi connectivity index (χ0v) is 15.7. The van der Waals surface area contributed by atoms with E-state index in [2.05, 4.69) is 20.6 Å². The predicted molar refractivity (Wildman–Crippen MR) is 104 cm³/mol. The second-order valence-electron chi connectivity index (χ2n) is 6.94. The summed E-state index contributed by atoms with van der Waals surface area (Å²) in [5, 5.41) is 5.81. The molecular weight excluding hydrogens is 401 g/mol. The molecule has 1 fully saturated rings. The highest BCUT2D eigenvalue weighted by Crippen LogP contribution is 2.35. The van der Waals surface area contributed by atoms with Crippen molar-refractivity contribution in [2.24, 2.45) is 0 Å². The van der Waals surface area contributed by atoms with Gasteiger partial charge in [-0.25, -0.2) is 9.97 Å². The third-order valence-electron chi connectivity index (χ3n) is 4.74. The number of anilines is 2. The fourth-order valence-corrected chi connectivity index (χ4v) is 3.23. The molecule has 1 aliphatic heterocycles. The second kappa shape index (κ2) is 7.92. The Morgan fingerprint density at radius 2 is 2.17 bits per heavy atom. The molecule has 4 heterocycles. The Morgan fingerprint density at radius 3 is 2.90 bits per heavy atom. The van der Waals surface area contributed by atoms with Crippen molar-refractivity contribution in [2.75, 3.05) is 30.7 Å². The van der Waals surface area contributed by atoms with E-state index in [4.69, 9.17) is 10.5 Å². The van der Waals surface area contributed by atoms with Crippen molar-refractivity contribution in [2.45, 2.75) is 18.7 Å². The summed E-state index contributed by atoms with van der Waals surface area (Å²) in [4.78, 5) is 20.0. The molecular formula is C19H19F3N6O2. The van der Waals surface area contributed by atoms with Gasteiger partial charge in [-0.15, -0.1) is 0 Å². The van der Waals surface area contributed by atoms with E-state index < -0.39 is 17.6 Å². The van der Waals surface area contributed by atoms with Crippen molar-refractivity contribution in [3.8, 4) is 11.1 Å². The first kappa shape index (κ1) is 20.1. The Bertz CT molecular complexity index is 1080. The van der Waals surface area contributed by atoms with Crippen LogP contribution in [-0.2, 0) is 15.7 Å². The van der Waals surface area contributed by atoms with Crippen LogP contribution >= 0.6 is 0 Å². The first-order chi connectivity index (χ1) is 14.3. The monoisotopic (exact) mass is 420 g/mol. The number of nitrogen functional groups attached to an aromatic ring is 1. The molecule has 30 heavy (non-hydrogen) atoms. The zero-order chi connectivity index (χ0) is 21.3. The van der Waals surface area contributed by atoms with Gasteiger partial charge in [0.2, 0.25) is 0 Å². The summed E-state index contributed by atoms with van der Waals surface area (Å²) in [6, 6.07) is 4.21. The third-order valence-corrected chi connectivity index (χ3v) is 4.74. The standard InChI is InChI=1S/C19H19F3N6O2/c20-19(21,22)14-5-12(6-25-18(14)23)11-1-2-16-26-15(9-28(16)8-11)27-17(29)10-30-13-3-4-24-7-13/h1-2,5-6,8-9,13,24H,3-4,7,10H2,(H2,23,25)(H,27,29). The van der Waals surface area contributed by atoms with E-state index in [1.807, 2.05) is 0 Å². The van der Waals surface area contributed by atoms with Gasteiger partial charge in [0, 0.05) is 30.1 Å². The van der Waals surface area contributed by atoms with Crippen LogP contribution in [0.2, 0.25) is 0 Å². The van der Waals surface area contributed by atoms with Crippen LogP contribution in [0.5, 0.6) is 0 Å². The fraction of sp³-hybridized carbons (Fsp3) is 0.316. The van der Waals surface area contributed by atoms with E-state index in [1.165, 1.54) is 6.20 Å². The molecule has 4 rings (SSSR count). The fourth-order valence-electron chi connectivity index (χ4n) is 3.23. The zero-order valence-electron chi connectivity index (χ0n) is 15.7. The minimum atomic E-state index is -4.60. The van der Waals surface area contributed by atoms with Gasteiger partial charge >= 0.3 is 6.18 Å². The van der Waals surface area contributed by atoms with Crippen molar-refractivity contribution < 1.29 is 22.7 Å². The molecule has 0 spiro atoms. The average Bonchev–Trinajstić information content (AvgIpc) is 3.34. The van der Waals surface area contributed by atoms with Crippen molar-refractivity contribution in [3.63, 3.8) is 0 Å². The van der Waals surface area contributed by atoms with E-state index in [9.17, 15) is 18.0 Å². The van der Waals surface area contributed by atoms with Gasteiger partial charge in [-0.1, -0.05) is 0 Å². The number of halogens is 3. The van der Waals surface area contributed by atoms with Crippen LogP contribution in [0.1, 0.15) is 12.0 Å². The molecule has 1 aliphatic rings. The van der Waals surface area contributed by atoms with Crippen LogP contribution in [-0.4, -0.2) is 46.1 Å². The molecule has 4 N–H and O–H groups in total. The Balaban J connectivity index is 1.50. The molecule has 3 aromatic heterocycles. The predicted octanol–water partition coefficient (Wildman–Crippen LogP) is 2.31. The molecule has 158 valence electrons. The summed E-state index contributed by atoms with van der Waals surface area (Å²) in [5.74, 6) is -0.588. The molecule has 1 atom stereocenters. The number of amides is 1. The van der Waals surface area contributed by atoms with Gasteiger partial charge in [0.1, 0.15) is 18.1 Å². The summed E-state index contributed by atoms with van der Waals surface area (Å²) in [5.41, 5.74) is 5.64. The van der Waals surface area contributed by atoms with E-state index in [0.29, 0.717) is 17.0 Å². The van der Waals surface area contributed by atoms with Gasteiger partial charge in [0.25, 0.3) is 5.91 Å². The van der Waals surface area contributed by atoms with Crippen LogP contribution in [0.4, 0.5) is 24.8 Å². The number of fused-ring (bicyclic) bond motifs is 1. The quantitative estimate of drug-likeness (QED) is 0.585. The van der Waals surface area contributed by atoms with Crippen molar-refractivity contribution >= 4 is 23.2 Å². The number of carbonyl (C=O) groups excluding carboxylic acids is 1. The van der Waals surface area contributed by atoms with E-state index in [1.54, 1.807) is 28.9 Å². The molecule has 0 aromatic carbocycles. The number of alkyl halides is 3. The maximum atomic E-state index is 13.1. The van der Waals surface area contributed by atoms with Crippen molar-refractivity contribution in [1.82, 2.24) is 19.7 Å². The van der Waals surface area contributed by atoms with E-state index in [-0.39, 0.29) is 24.2 Å². The maximum Gasteiger partial charge on any atom is 0.419 e. The normalized spacial score (nSPS) is 16.8. The van der Waals surface area contributed by atoms with Gasteiger partial charge in [0.05, 0.1) is 17.9 Å². The molecule has 0 aliphatic carbocycles. The number of aromatic nitrogens is 3. The Hall–Kier alpha value is -3.18. The van der Waals surface area contributed by atoms with Gasteiger partial charge < -0.3 is 25.5 Å². The van der Waals surface area contributed by atoms with Crippen LogP contribution < -0.4 is 16.4 Å². The Kier molecular flexibility index (Phi) is 5.31. The number of hydrogen-bond donors (Lipinski definition) is 3. The summed E-state index contributed by atoms with van der Waals surface area (Å²) in [6.07, 6.45) is 0.742. The molecule has 1 amide bonds. The van der Waals surface area contributed by atoms with Crippen LogP contribution in [0.3, 0.4) is 0 Å².